The molecule has 31 heavy (non-hydrogen) atoms. The topological polar surface area (TPSA) is 62.2 Å². The molecule has 2 aliphatic heterocycles. The Hall–Kier alpha value is -2.73. The summed E-state index contributed by atoms with van der Waals surface area (Å²) in [5.41, 5.74) is 3.29. The molecule has 0 spiro atoms. The maximum absolute atomic E-state index is 11.6. The van der Waals surface area contributed by atoms with Gasteiger partial charge < -0.3 is 19.5 Å². The average molecular weight is 425 g/mol. The highest BCUT2D eigenvalue weighted by Gasteiger charge is 2.31. The Labute approximate surface area is 184 Å². The summed E-state index contributed by atoms with van der Waals surface area (Å²) in [6.45, 7) is 6.65. The molecular formula is C25H32N2O4. The Morgan fingerprint density at radius 1 is 1.23 bits per heavy atom. The Balaban J connectivity index is 1.44. The van der Waals surface area contributed by atoms with Crippen molar-refractivity contribution in [3.8, 4) is 11.5 Å². The van der Waals surface area contributed by atoms with Gasteiger partial charge in [0.05, 0.1) is 19.3 Å². The van der Waals surface area contributed by atoms with Gasteiger partial charge in [0, 0.05) is 32.1 Å². The summed E-state index contributed by atoms with van der Waals surface area (Å²) in [5, 5.41) is 9.53. The van der Waals surface area contributed by atoms with E-state index in [1.807, 2.05) is 24.3 Å². The van der Waals surface area contributed by atoms with E-state index < -0.39 is 5.97 Å². The number of ether oxygens (including phenoxy) is 2. The van der Waals surface area contributed by atoms with Crippen molar-refractivity contribution in [1.29, 1.82) is 0 Å². The second-order valence-electron chi connectivity index (χ2n) is 9.17. The summed E-state index contributed by atoms with van der Waals surface area (Å²) in [6, 6.07) is 14.6. The molecule has 1 saturated heterocycles. The molecule has 1 fully saturated rings. The van der Waals surface area contributed by atoms with Crippen molar-refractivity contribution in [3.63, 3.8) is 0 Å². The van der Waals surface area contributed by atoms with Crippen LogP contribution in [-0.4, -0.2) is 54.4 Å². The molecule has 0 saturated carbocycles. The first kappa shape index (κ1) is 21.5. The van der Waals surface area contributed by atoms with Gasteiger partial charge in [-0.3, -0.25) is 9.69 Å². The number of benzene rings is 2. The van der Waals surface area contributed by atoms with E-state index in [1.165, 1.54) is 5.56 Å². The largest absolute Gasteiger partial charge is 0.495 e. The lowest BCUT2D eigenvalue weighted by Gasteiger charge is -2.39. The Morgan fingerprint density at radius 3 is 2.68 bits per heavy atom. The quantitative estimate of drug-likeness (QED) is 0.726. The van der Waals surface area contributed by atoms with Gasteiger partial charge in [0.2, 0.25) is 0 Å². The van der Waals surface area contributed by atoms with Gasteiger partial charge >= 0.3 is 5.97 Å². The number of aliphatic carboxylic acids is 1. The summed E-state index contributed by atoms with van der Waals surface area (Å²) < 4.78 is 11.5. The molecule has 6 nitrogen and oxygen atoms in total. The van der Waals surface area contributed by atoms with E-state index in [0.717, 1.165) is 55.1 Å². The summed E-state index contributed by atoms with van der Waals surface area (Å²) in [4.78, 5) is 16.0. The predicted octanol–water partition coefficient (Wildman–Crippen LogP) is 3.96. The molecule has 0 unspecified atom stereocenters. The lowest BCUT2D eigenvalue weighted by Crippen LogP contribution is -2.46. The molecule has 2 aromatic carbocycles. The molecule has 166 valence electrons. The molecule has 0 atom stereocenters. The summed E-state index contributed by atoms with van der Waals surface area (Å²) in [7, 11) is 1.70. The van der Waals surface area contributed by atoms with Gasteiger partial charge in [-0.2, -0.15) is 0 Å². The highest BCUT2D eigenvalue weighted by molar-refractivity contribution is 5.69. The van der Waals surface area contributed by atoms with Crippen molar-refractivity contribution in [2.75, 3.05) is 31.6 Å². The third-order valence-electron chi connectivity index (χ3n) is 6.26. The van der Waals surface area contributed by atoms with Gasteiger partial charge in [-0.1, -0.05) is 24.3 Å². The van der Waals surface area contributed by atoms with Crippen LogP contribution in [0, 0.1) is 0 Å². The fourth-order valence-corrected chi connectivity index (χ4v) is 4.85. The molecule has 4 rings (SSSR count). The molecule has 2 aliphatic rings. The third-order valence-corrected chi connectivity index (χ3v) is 6.26. The third kappa shape index (κ3) is 4.96. The van der Waals surface area contributed by atoms with E-state index in [2.05, 4.69) is 41.8 Å². The van der Waals surface area contributed by atoms with Crippen LogP contribution in [0.15, 0.2) is 42.5 Å². The number of piperidine rings is 1. The fraction of sp³-hybridized carbons (Fsp3) is 0.480. The first-order chi connectivity index (χ1) is 14.8. The zero-order valence-corrected chi connectivity index (χ0v) is 18.6. The van der Waals surface area contributed by atoms with E-state index in [0.29, 0.717) is 6.54 Å². The smallest absolute Gasteiger partial charge is 0.317 e. The Kier molecular flexibility index (Phi) is 6.10. The number of nitrogens with zero attached hydrogens (tertiary/aromatic N) is 2. The van der Waals surface area contributed by atoms with E-state index in [1.54, 1.807) is 7.11 Å². The Bertz CT molecular complexity index is 935. The van der Waals surface area contributed by atoms with Crippen LogP contribution in [0.1, 0.15) is 37.8 Å². The number of hydrogen-bond donors (Lipinski definition) is 1. The van der Waals surface area contributed by atoms with Gasteiger partial charge in [-0.05, 0) is 56.0 Å². The number of carboxylic acid groups (broad SMARTS) is 1. The standard InChI is InChI=1S/C25H32N2O4/c1-25(2)15-19-14-18(8-9-22(19)31-25)16-27(17-24(28)29)20-10-12-26(13-11-20)21-6-4-5-7-23(21)30-3/h4-9,14,20H,10-13,15-17H2,1-3H3,(H,28,29). The number of fused-ring (bicyclic) bond motifs is 1. The molecular weight excluding hydrogens is 392 g/mol. The molecule has 6 heteroatoms. The summed E-state index contributed by atoms with van der Waals surface area (Å²) in [6.07, 6.45) is 2.73. The SMILES string of the molecule is COc1ccccc1N1CCC(N(CC(=O)O)Cc2ccc3c(c2)CC(C)(C)O3)CC1. The van der Waals surface area contributed by atoms with Crippen LogP contribution in [0.3, 0.4) is 0 Å². The number of para-hydroxylation sites is 2. The zero-order valence-electron chi connectivity index (χ0n) is 18.6. The first-order valence-electron chi connectivity index (χ1n) is 11.0. The fourth-order valence-electron chi connectivity index (χ4n) is 4.85. The second-order valence-corrected chi connectivity index (χ2v) is 9.17. The van der Waals surface area contributed by atoms with Crippen molar-refractivity contribution in [3.05, 3.63) is 53.6 Å². The summed E-state index contributed by atoms with van der Waals surface area (Å²) in [5.74, 6) is 1.05. The van der Waals surface area contributed by atoms with Crippen LogP contribution in [0.5, 0.6) is 11.5 Å². The van der Waals surface area contributed by atoms with Gasteiger partial charge in [-0.25, -0.2) is 0 Å². The minimum absolute atomic E-state index is 0.0540. The predicted molar refractivity (Wildman–Crippen MR) is 121 cm³/mol. The molecule has 0 bridgehead atoms. The van der Waals surface area contributed by atoms with Crippen molar-refractivity contribution < 1.29 is 19.4 Å². The monoisotopic (exact) mass is 424 g/mol. The van der Waals surface area contributed by atoms with Crippen LogP contribution >= 0.6 is 0 Å². The highest BCUT2D eigenvalue weighted by atomic mass is 16.5. The van der Waals surface area contributed by atoms with E-state index >= 15 is 0 Å². The highest BCUT2D eigenvalue weighted by Crippen LogP contribution is 2.36. The van der Waals surface area contributed by atoms with Crippen LogP contribution in [0.25, 0.3) is 0 Å². The van der Waals surface area contributed by atoms with Crippen molar-refractivity contribution in [2.45, 2.75) is 51.3 Å². The number of rotatable bonds is 7. The first-order valence-corrected chi connectivity index (χ1v) is 11.0. The van der Waals surface area contributed by atoms with Crippen LogP contribution in [-0.2, 0) is 17.8 Å². The second kappa shape index (κ2) is 8.79. The van der Waals surface area contributed by atoms with Crippen LogP contribution in [0.2, 0.25) is 0 Å². The molecule has 2 heterocycles. The van der Waals surface area contributed by atoms with E-state index in [-0.39, 0.29) is 18.2 Å². The van der Waals surface area contributed by atoms with Gasteiger partial charge in [-0.15, -0.1) is 0 Å². The lowest BCUT2D eigenvalue weighted by molar-refractivity contribution is -0.139. The number of carboxylic acids is 1. The minimum Gasteiger partial charge on any atom is -0.495 e. The van der Waals surface area contributed by atoms with Gasteiger partial charge in [0.15, 0.2) is 0 Å². The number of carbonyl (C=O) groups is 1. The molecule has 1 N–H and O–H groups in total. The lowest BCUT2D eigenvalue weighted by atomic mass is 9.98. The molecule has 0 aromatic heterocycles. The van der Waals surface area contributed by atoms with Gasteiger partial charge in [0.1, 0.15) is 17.1 Å². The zero-order chi connectivity index (χ0) is 22.0. The van der Waals surface area contributed by atoms with Crippen molar-refractivity contribution in [1.82, 2.24) is 4.90 Å². The molecule has 2 aromatic rings. The maximum Gasteiger partial charge on any atom is 0.317 e. The summed E-state index contributed by atoms with van der Waals surface area (Å²) >= 11 is 0. The molecule has 0 aliphatic carbocycles. The number of hydrogen-bond acceptors (Lipinski definition) is 5. The van der Waals surface area contributed by atoms with Crippen LogP contribution in [0.4, 0.5) is 5.69 Å². The normalized spacial score (nSPS) is 18.0. The number of anilines is 1. The van der Waals surface area contributed by atoms with Crippen molar-refractivity contribution >= 4 is 11.7 Å². The Morgan fingerprint density at radius 2 is 1.97 bits per heavy atom. The average Bonchev–Trinajstić information content (AvgIpc) is 3.06. The van der Waals surface area contributed by atoms with Crippen LogP contribution < -0.4 is 14.4 Å². The van der Waals surface area contributed by atoms with Gasteiger partial charge in [0.25, 0.3) is 0 Å². The van der Waals surface area contributed by atoms with E-state index in [9.17, 15) is 9.90 Å². The minimum atomic E-state index is -0.780. The number of methoxy groups -OCH3 is 1. The molecule has 0 amide bonds. The molecule has 0 radical (unpaired) electrons. The van der Waals surface area contributed by atoms with Crippen molar-refractivity contribution in [2.24, 2.45) is 0 Å². The van der Waals surface area contributed by atoms with E-state index in [4.69, 9.17) is 9.47 Å². The maximum atomic E-state index is 11.6.